The first-order valence-electron chi connectivity index (χ1n) is 7.78. The highest BCUT2D eigenvalue weighted by Gasteiger charge is 2.19. The van der Waals surface area contributed by atoms with E-state index in [1.807, 2.05) is 0 Å². The molecule has 10 nitrogen and oxygen atoms in total. The van der Waals surface area contributed by atoms with Crippen LogP contribution in [-0.2, 0) is 0 Å². The van der Waals surface area contributed by atoms with Crippen LogP contribution in [0.2, 0.25) is 0 Å². The molecular formula is C17H15N3O7. The SMILES string of the molecule is COc1cc(/C=N\NC(=O)c2ccc3c(c2)OCCO3)cc([N+](=O)[O-])c1O. The highest BCUT2D eigenvalue weighted by molar-refractivity contribution is 5.95. The summed E-state index contributed by atoms with van der Waals surface area (Å²) >= 11 is 0. The van der Waals surface area contributed by atoms with Gasteiger partial charge in [-0.3, -0.25) is 14.9 Å². The Labute approximate surface area is 153 Å². The van der Waals surface area contributed by atoms with Gasteiger partial charge in [0.25, 0.3) is 5.91 Å². The highest BCUT2D eigenvalue weighted by Crippen LogP contribution is 2.36. The number of phenols is 1. The van der Waals surface area contributed by atoms with E-state index in [0.29, 0.717) is 30.3 Å². The zero-order chi connectivity index (χ0) is 19.4. The van der Waals surface area contributed by atoms with Gasteiger partial charge in [0.2, 0.25) is 5.75 Å². The number of amides is 1. The first-order valence-corrected chi connectivity index (χ1v) is 7.78. The Balaban J connectivity index is 1.74. The number of ether oxygens (including phenoxy) is 3. The lowest BCUT2D eigenvalue weighted by Gasteiger charge is -2.18. The quantitative estimate of drug-likeness (QED) is 0.464. The Morgan fingerprint density at radius 1 is 1.30 bits per heavy atom. The maximum atomic E-state index is 12.2. The van der Waals surface area contributed by atoms with E-state index in [4.69, 9.17) is 14.2 Å². The Hall–Kier alpha value is -3.82. The van der Waals surface area contributed by atoms with Gasteiger partial charge in [0.05, 0.1) is 18.2 Å². The van der Waals surface area contributed by atoms with Crippen LogP contribution in [-0.4, -0.2) is 42.5 Å². The van der Waals surface area contributed by atoms with E-state index in [0.717, 1.165) is 6.07 Å². The molecule has 0 radical (unpaired) electrons. The molecule has 2 N–H and O–H groups in total. The number of hydrazone groups is 1. The molecule has 0 spiro atoms. The Morgan fingerprint density at radius 3 is 2.74 bits per heavy atom. The van der Waals surface area contributed by atoms with Gasteiger partial charge >= 0.3 is 5.69 Å². The van der Waals surface area contributed by atoms with Crippen molar-refractivity contribution in [2.75, 3.05) is 20.3 Å². The second kappa shape index (κ2) is 7.60. The third-order valence-electron chi connectivity index (χ3n) is 3.68. The number of benzene rings is 2. The zero-order valence-corrected chi connectivity index (χ0v) is 14.2. The predicted octanol–water partition coefficient (Wildman–Crippen LogP) is 1.84. The lowest BCUT2D eigenvalue weighted by Crippen LogP contribution is -2.19. The lowest BCUT2D eigenvalue weighted by molar-refractivity contribution is -0.386. The second-order valence-corrected chi connectivity index (χ2v) is 5.41. The molecule has 0 unspecified atom stereocenters. The molecule has 0 bridgehead atoms. The molecule has 27 heavy (non-hydrogen) atoms. The molecule has 0 saturated heterocycles. The van der Waals surface area contributed by atoms with E-state index in [-0.39, 0.29) is 11.3 Å². The molecule has 10 heteroatoms. The Bertz CT molecular complexity index is 927. The number of nitrogens with zero attached hydrogens (tertiary/aromatic N) is 2. The van der Waals surface area contributed by atoms with Gasteiger partial charge in [-0.1, -0.05) is 0 Å². The molecular weight excluding hydrogens is 358 g/mol. The van der Waals surface area contributed by atoms with Gasteiger partial charge in [0.15, 0.2) is 17.2 Å². The lowest BCUT2D eigenvalue weighted by atomic mass is 10.2. The molecule has 3 rings (SSSR count). The van der Waals surface area contributed by atoms with Crippen molar-refractivity contribution in [3.8, 4) is 23.0 Å². The average molecular weight is 373 g/mol. The summed E-state index contributed by atoms with van der Waals surface area (Å²) in [6.07, 6.45) is 1.20. The summed E-state index contributed by atoms with van der Waals surface area (Å²) in [5.74, 6) is -0.131. The summed E-state index contributed by atoms with van der Waals surface area (Å²) < 4.78 is 15.7. The van der Waals surface area contributed by atoms with E-state index in [1.165, 1.54) is 25.5 Å². The monoisotopic (exact) mass is 373 g/mol. The number of phenolic OH excluding ortho intramolecular Hbond substituents is 1. The van der Waals surface area contributed by atoms with Crippen LogP contribution in [0.15, 0.2) is 35.4 Å². The Kier molecular flexibility index (Phi) is 5.06. The van der Waals surface area contributed by atoms with Crippen molar-refractivity contribution >= 4 is 17.8 Å². The van der Waals surface area contributed by atoms with Crippen LogP contribution in [0.3, 0.4) is 0 Å². The largest absolute Gasteiger partial charge is 0.500 e. The molecule has 0 aliphatic carbocycles. The van der Waals surface area contributed by atoms with Crippen molar-refractivity contribution in [3.63, 3.8) is 0 Å². The van der Waals surface area contributed by atoms with Gasteiger partial charge in [-0.15, -0.1) is 0 Å². The molecule has 0 atom stereocenters. The van der Waals surface area contributed by atoms with Crippen molar-refractivity contribution < 1.29 is 29.0 Å². The van der Waals surface area contributed by atoms with Crippen molar-refractivity contribution in [1.82, 2.24) is 5.43 Å². The summed E-state index contributed by atoms with van der Waals surface area (Å²) in [6.45, 7) is 0.850. The Morgan fingerprint density at radius 2 is 2.04 bits per heavy atom. The topological polar surface area (TPSA) is 133 Å². The van der Waals surface area contributed by atoms with Gasteiger partial charge in [-0.2, -0.15) is 5.10 Å². The molecule has 1 amide bonds. The van der Waals surface area contributed by atoms with Gasteiger partial charge in [0.1, 0.15) is 13.2 Å². The van der Waals surface area contributed by atoms with E-state index in [9.17, 15) is 20.0 Å². The van der Waals surface area contributed by atoms with Gasteiger partial charge in [0, 0.05) is 17.2 Å². The number of fused-ring (bicyclic) bond motifs is 1. The van der Waals surface area contributed by atoms with E-state index < -0.39 is 22.3 Å². The number of carbonyl (C=O) groups excluding carboxylic acids is 1. The first-order chi connectivity index (χ1) is 13.0. The molecule has 0 aromatic heterocycles. The fourth-order valence-electron chi connectivity index (χ4n) is 2.40. The van der Waals surface area contributed by atoms with Crippen molar-refractivity contribution in [1.29, 1.82) is 0 Å². The molecule has 2 aromatic carbocycles. The van der Waals surface area contributed by atoms with Crippen LogP contribution < -0.4 is 19.6 Å². The number of nitrogens with one attached hydrogen (secondary N) is 1. The number of rotatable bonds is 5. The highest BCUT2D eigenvalue weighted by atomic mass is 16.6. The first kappa shape index (κ1) is 18.0. The summed E-state index contributed by atoms with van der Waals surface area (Å²) in [5, 5.41) is 24.5. The molecule has 0 fully saturated rings. The summed E-state index contributed by atoms with van der Waals surface area (Å²) in [6, 6.07) is 7.18. The number of hydrogen-bond acceptors (Lipinski definition) is 8. The number of carbonyl (C=O) groups is 1. The van der Waals surface area contributed by atoms with Crippen LogP contribution in [0.1, 0.15) is 15.9 Å². The molecule has 1 aliphatic rings. The third-order valence-corrected chi connectivity index (χ3v) is 3.68. The van der Waals surface area contributed by atoms with E-state index in [2.05, 4.69) is 10.5 Å². The fraction of sp³-hybridized carbons (Fsp3) is 0.176. The number of nitro groups is 1. The smallest absolute Gasteiger partial charge is 0.315 e. The van der Waals surface area contributed by atoms with Crippen LogP contribution in [0.25, 0.3) is 0 Å². The van der Waals surface area contributed by atoms with Gasteiger partial charge in [-0.05, 0) is 24.3 Å². The standard InChI is InChI=1S/C17H15N3O7/c1-25-15-7-10(6-12(16(15)21)20(23)24)9-18-19-17(22)11-2-3-13-14(8-11)27-5-4-26-13/h2-3,6-9,21H,4-5H2,1H3,(H,19,22)/b18-9-. The van der Waals surface area contributed by atoms with Crippen LogP contribution >= 0.6 is 0 Å². The van der Waals surface area contributed by atoms with Crippen LogP contribution in [0.5, 0.6) is 23.0 Å². The minimum Gasteiger partial charge on any atom is -0.500 e. The molecule has 0 saturated carbocycles. The molecule has 140 valence electrons. The summed E-state index contributed by atoms with van der Waals surface area (Å²) in [7, 11) is 1.27. The summed E-state index contributed by atoms with van der Waals surface area (Å²) in [4.78, 5) is 22.4. The minimum absolute atomic E-state index is 0.0798. The minimum atomic E-state index is -0.747. The number of hydrogen-bond donors (Lipinski definition) is 2. The zero-order valence-electron chi connectivity index (χ0n) is 14.2. The number of methoxy groups -OCH3 is 1. The second-order valence-electron chi connectivity index (χ2n) is 5.41. The van der Waals surface area contributed by atoms with Crippen molar-refractivity contribution in [2.45, 2.75) is 0 Å². The van der Waals surface area contributed by atoms with E-state index >= 15 is 0 Å². The van der Waals surface area contributed by atoms with Crippen molar-refractivity contribution in [2.24, 2.45) is 5.10 Å². The van der Waals surface area contributed by atoms with Crippen LogP contribution in [0, 0.1) is 10.1 Å². The number of nitro benzene ring substituents is 1. The predicted molar refractivity (Wildman–Crippen MR) is 93.8 cm³/mol. The maximum absolute atomic E-state index is 12.2. The van der Waals surface area contributed by atoms with Gasteiger partial charge in [-0.25, -0.2) is 5.43 Å². The third kappa shape index (κ3) is 3.89. The molecule has 1 heterocycles. The van der Waals surface area contributed by atoms with Gasteiger partial charge < -0.3 is 19.3 Å². The van der Waals surface area contributed by atoms with Crippen molar-refractivity contribution in [3.05, 3.63) is 51.6 Å². The molecule has 1 aliphatic heterocycles. The number of aromatic hydroxyl groups is 1. The van der Waals surface area contributed by atoms with Crippen LogP contribution in [0.4, 0.5) is 5.69 Å². The molecule has 2 aromatic rings. The average Bonchev–Trinajstić information content (AvgIpc) is 2.68. The fourth-order valence-corrected chi connectivity index (χ4v) is 2.40. The normalized spacial score (nSPS) is 12.6. The summed E-state index contributed by atoms with van der Waals surface area (Å²) in [5.41, 5.74) is 2.36. The van der Waals surface area contributed by atoms with E-state index in [1.54, 1.807) is 12.1 Å². The maximum Gasteiger partial charge on any atom is 0.315 e.